The van der Waals surface area contributed by atoms with Crippen LogP contribution in [0.15, 0.2) is 28.7 Å². The quantitative estimate of drug-likeness (QED) is 0.839. The maximum atomic E-state index is 3.45. The highest BCUT2D eigenvalue weighted by molar-refractivity contribution is 9.10. The van der Waals surface area contributed by atoms with Gasteiger partial charge in [0.05, 0.1) is 0 Å². The van der Waals surface area contributed by atoms with Crippen LogP contribution in [0.4, 0.5) is 5.69 Å². The summed E-state index contributed by atoms with van der Waals surface area (Å²) in [7, 11) is 0. The lowest BCUT2D eigenvalue weighted by atomic mass is 10.2. The molecular formula is C11H16BrN. The molecule has 0 aliphatic carbocycles. The second-order valence-electron chi connectivity index (χ2n) is 3.34. The molecule has 72 valence electrons. The van der Waals surface area contributed by atoms with E-state index >= 15 is 0 Å². The molecule has 0 heterocycles. The molecule has 1 aromatic carbocycles. The molecule has 0 aliphatic rings. The fourth-order valence-electron chi connectivity index (χ4n) is 1.34. The lowest BCUT2D eigenvalue weighted by molar-refractivity contribution is 0.690. The van der Waals surface area contributed by atoms with Crippen LogP contribution in [0.5, 0.6) is 0 Å². The minimum Gasteiger partial charge on any atom is -0.383 e. The van der Waals surface area contributed by atoms with Crippen LogP contribution in [0, 0.1) is 0 Å². The van der Waals surface area contributed by atoms with Crippen molar-refractivity contribution in [2.24, 2.45) is 0 Å². The summed E-state index contributed by atoms with van der Waals surface area (Å²) < 4.78 is 1.13. The summed E-state index contributed by atoms with van der Waals surface area (Å²) in [5, 5.41) is 3.45. The molecule has 0 saturated carbocycles. The van der Waals surface area contributed by atoms with E-state index in [1.165, 1.54) is 18.5 Å². The maximum Gasteiger partial charge on any atom is 0.0342 e. The number of rotatable bonds is 4. The van der Waals surface area contributed by atoms with Gasteiger partial charge in [-0.3, -0.25) is 0 Å². The molecule has 1 rings (SSSR count). The molecule has 1 unspecified atom stereocenters. The Morgan fingerprint density at radius 3 is 2.46 bits per heavy atom. The SMILES string of the molecule is CCCC(C)Nc1ccc(Br)cc1. The van der Waals surface area contributed by atoms with E-state index in [4.69, 9.17) is 0 Å². The first-order valence-corrected chi connectivity index (χ1v) is 5.53. The van der Waals surface area contributed by atoms with Crippen molar-refractivity contribution in [1.82, 2.24) is 0 Å². The van der Waals surface area contributed by atoms with Crippen molar-refractivity contribution < 1.29 is 0 Å². The average Bonchev–Trinajstić information content (AvgIpc) is 2.09. The number of hydrogen-bond acceptors (Lipinski definition) is 1. The molecule has 0 bridgehead atoms. The van der Waals surface area contributed by atoms with Crippen LogP contribution < -0.4 is 5.32 Å². The number of nitrogens with one attached hydrogen (secondary N) is 1. The Morgan fingerprint density at radius 1 is 1.31 bits per heavy atom. The Labute approximate surface area is 88.7 Å². The third-order valence-electron chi connectivity index (χ3n) is 1.98. The summed E-state index contributed by atoms with van der Waals surface area (Å²) in [6.07, 6.45) is 2.45. The molecule has 1 atom stereocenters. The number of halogens is 1. The lowest BCUT2D eigenvalue weighted by Gasteiger charge is -2.13. The van der Waals surface area contributed by atoms with Gasteiger partial charge in [-0.05, 0) is 37.6 Å². The van der Waals surface area contributed by atoms with Crippen LogP contribution in [0.2, 0.25) is 0 Å². The van der Waals surface area contributed by atoms with Crippen LogP contribution in [0.25, 0.3) is 0 Å². The first kappa shape index (κ1) is 10.6. The minimum atomic E-state index is 0.561. The van der Waals surface area contributed by atoms with Crippen molar-refractivity contribution in [3.63, 3.8) is 0 Å². The summed E-state index contributed by atoms with van der Waals surface area (Å²) in [6, 6.07) is 8.86. The van der Waals surface area contributed by atoms with Crippen molar-refractivity contribution >= 4 is 21.6 Å². The van der Waals surface area contributed by atoms with E-state index in [9.17, 15) is 0 Å². The van der Waals surface area contributed by atoms with E-state index in [1.54, 1.807) is 0 Å². The van der Waals surface area contributed by atoms with Crippen LogP contribution in [0.1, 0.15) is 26.7 Å². The van der Waals surface area contributed by atoms with Crippen LogP contribution >= 0.6 is 15.9 Å². The highest BCUT2D eigenvalue weighted by Crippen LogP contribution is 2.15. The summed E-state index contributed by atoms with van der Waals surface area (Å²) >= 11 is 3.41. The van der Waals surface area contributed by atoms with Crippen LogP contribution in [0.3, 0.4) is 0 Å². The van der Waals surface area contributed by atoms with E-state index < -0.39 is 0 Å². The van der Waals surface area contributed by atoms with Gasteiger partial charge in [-0.2, -0.15) is 0 Å². The number of hydrogen-bond donors (Lipinski definition) is 1. The first-order valence-electron chi connectivity index (χ1n) is 4.74. The lowest BCUT2D eigenvalue weighted by Crippen LogP contribution is -2.14. The van der Waals surface area contributed by atoms with Crippen LogP contribution in [-0.2, 0) is 0 Å². The van der Waals surface area contributed by atoms with Crippen molar-refractivity contribution in [2.45, 2.75) is 32.7 Å². The predicted octanol–water partition coefficient (Wildman–Crippen LogP) is 4.05. The van der Waals surface area contributed by atoms with Gasteiger partial charge in [-0.15, -0.1) is 0 Å². The molecule has 0 amide bonds. The molecule has 2 heteroatoms. The van der Waals surface area contributed by atoms with Crippen molar-refractivity contribution in [1.29, 1.82) is 0 Å². The smallest absolute Gasteiger partial charge is 0.0342 e. The molecule has 1 aromatic rings. The third kappa shape index (κ3) is 3.81. The molecule has 0 saturated heterocycles. The third-order valence-corrected chi connectivity index (χ3v) is 2.51. The highest BCUT2D eigenvalue weighted by atomic mass is 79.9. The van der Waals surface area contributed by atoms with Crippen molar-refractivity contribution in [3.05, 3.63) is 28.7 Å². The normalized spacial score (nSPS) is 12.5. The number of benzene rings is 1. The fourth-order valence-corrected chi connectivity index (χ4v) is 1.60. The highest BCUT2D eigenvalue weighted by Gasteiger charge is 1.99. The zero-order valence-electron chi connectivity index (χ0n) is 8.18. The van der Waals surface area contributed by atoms with Gasteiger partial charge in [-0.25, -0.2) is 0 Å². The Bertz CT molecular complexity index is 243. The minimum absolute atomic E-state index is 0.561. The molecule has 1 nitrogen and oxygen atoms in total. The van der Waals surface area contributed by atoms with E-state index in [-0.39, 0.29) is 0 Å². The molecule has 0 aliphatic heterocycles. The monoisotopic (exact) mass is 241 g/mol. The van der Waals surface area contributed by atoms with Crippen molar-refractivity contribution in [2.75, 3.05) is 5.32 Å². The fraction of sp³-hybridized carbons (Fsp3) is 0.455. The zero-order valence-corrected chi connectivity index (χ0v) is 9.76. The Balaban J connectivity index is 2.49. The van der Waals surface area contributed by atoms with Gasteiger partial charge in [0.15, 0.2) is 0 Å². The molecule has 0 spiro atoms. The molecule has 0 fully saturated rings. The van der Waals surface area contributed by atoms with Crippen LogP contribution in [-0.4, -0.2) is 6.04 Å². The van der Waals surface area contributed by atoms with Gasteiger partial charge in [-0.1, -0.05) is 29.3 Å². The summed E-state index contributed by atoms with van der Waals surface area (Å²) in [5.74, 6) is 0. The zero-order chi connectivity index (χ0) is 9.68. The van der Waals surface area contributed by atoms with E-state index in [1.807, 2.05) is 0 Å². The Kier molecular flexibility index (Phi) is 4.29. The van der Waals surface area contributed by atoms with E-state index in [2.05, 4.69) is 59.4 Å². The molecule has 0 radical (unpaired) electrons. The predicted molar refractivity (Wildman–Crippen MR) is 62.1 cm³/mol. The molecule has 0 aromatic heterocycles. The van der Waals surface area contributed by atoms with Gasteiger partial charge >= 0.3 is 0 Å². The van der Waals surface area contributed by atoms with Gasteiger partial charge in [0.25, 0.3) is 0 Å². The first-order chi connectivity index (χ1) is 6.22. The second kappa shape index (κ2) is 5.28. The standard InChI is InChI=1S/C11H16BrN/c1-3-4-9(2)13-11-7-5-10(12)6-8-11/h5-9,13H,3-4H2,1-2H3. The Morgan fingerprint density at radius 2 is 1.92 bits per heavy atom. The van der Waals surface area contributed by atoms with Gasteiger partial charge in [0.1, 0.15) is 0 Å². The van der Waals surface area contributed by atoms with Crippen molar-refractivity contribution in [3.8, 4) is 0 Å². The Hall–Kier alpha value is -0.500. The number of anilines is 1. The average molecular weight is 242 g/mol. The summed E-state index contributed by atoms with van der Waals surface area (Å²) in [5.41, 5.74) is 1.20. The maximum absolute atomic E-state index is 3.45. The van der Waals surface area contributed by atoms with Gasteiger partial charge in [0.2, 0.25) is 0 Å². The largest absolute Gasteiger partial charge is 0.383 e. The summed E-state index contributed by atoms with van der Waals surface area (Å²) in [4.78, 5) is 0. The van der Waals surface area contributed by atoms with E-state index in [0.29, 0.717) is 6.04 Å². The summed E-state index contributed by atoms with van der Waals surface area (Å²) in [6.45, 7) is 4.42. The molecule has 13 heavy (non-hydrogen) atoms. The van der Waals surface area contributed by atoms with E-state index in [0.717, 1.165) is 4.47 Å². The molecular weight excluding hydrogens is 226 g/mol. The van der Waals surface area contributed by atoms with Gasteiger partial charge < -0.3 is 5.32 Å². The topological polar surface area (TPSA) is 12.0 Å². The second-order valence-corrected chi connectivity index (χ2v) is 4.26. The molecule has 1 N–H and O–H groups in total. The van der Waals surface area contributed by atoms with Gasteiger partial charge in [0, 0.05) is 16.2 Å².